The summed E-state index contributed by atoms with van der Waals surface area (Å²) in [6.07, 6.45) is 6.19. The van der Waals surface area contributed by atoms with Gasteiger partial charge in [0.15, 0.2) is 5.65 Å². The van der Waals surface area contributed by atoms with Crippen LogP contribution in [0.15, 0.2) is 54.9 Å². The lowest BCUT2D eigenvalue weighted by atomic mass is 9.90. The maximum Gasteiger partial charge on any atom is 0.300 e. The number of aliphatic carboxylic acids is 2. The fourth-order valence-electron chi connectivity index (χ4n) is 6.06. The Labute approximate surface area is 270 Å². The van der Waals surface area contributed by atoms with E-state index >= 15 is 0 Å². The molecular formula is C34H46N8O4. The van der Waals surface area contributed by atoms with Crippen molar-refractivity contribution in [1.29, 1.82) is 0 Å². The van der Waals surface area contributed by atoms with Crippen molar-refractivity contribution in [2.75, 3.05) is 44.3 Å². The van der Waals surface area contributed by atoms with Gasteiger partial charge in [-0.1, -0.05) is 36.4 Å². The number of benzene rings is 2. The fraction of sp³-hybridized carbons (Fsp3) is 0.441. The molecule has 3 heterocycles. The molecule has 4 aromatic rings. The van der Waals surface area contributed by atoms with E-state index < -0.39 is 11.9 Å². The number of piperazine rings is 1. The molecule has 1 aliphatic carbocycles. The SMILES string of the molecule is CC(=O)O.CC(=O)O.Cc1ccccc1CNc1ccc(-c2nn(C3CCC(N4CCN(C)CC4)CC3)c3ncnc(N)c23)cc1. The maximum absolute atomic E-state index is 9.00. The van der Waals surface area contributed by atoms with Crippen LogP contribution in [0, 0.1) is 6.92 Å². The van der Waals surface area contributed by atoms with E-state index in [0.29, 0.717) is 17.9 Å². The molecule has 0 bridgehead atoms. The fourth-order valence-corrected chi connectivity index (χ4v) is 6.06. The van der Waals surface area contributed by atoms with Gasteiger partial charge in [-0.25, -0.2) is 14.6 Å². The molecule has 2 aromatic carbocycles. The zero-order chi connectivity index (χ0) is 33.2. The molecule has 12 nitrogen and oxygen atoms in total. The van der Waals surface area contributed by atoms with Crippen LogP contribution in [0.5, 0.6) is 0 Å². The molecule has 0 amide bonds. The van der Waals surface area contributed by atoms with E-state index in [-0.39, 0.29) is 0 Å². The number of hydrogen-bond acceptors (Lipinski definition) is 9. The minimum atomic E-state index is -0.833. The summed E-state index contributed by atoms with van der Waals surface area (Å²) in [5.74, 6) is -1.18. The van der Waals surface area contributed by atoms with Gasteiger partial charge in [-0.15, -0.1) is 0 Å². The second kappa shape index (κ2) is 16.1. The Hall–Kier alpha value is -4.55. The smallest absolute Gasteiger partial charge is 0.300 e. The zero-order valence-corrected chi connectivity index (χ0v) is 27.2. The summed E-state index contributed by atoms with van der Waals surface area (Å²) in [6.45, 7) is 9.81. The van der Waals surface area contributed by atoms with E-state index in [1.54, 1.807) is 6.33 Å². The molecule has 0 atom stereocenters. The van der Waals surface area contributed by atoms with Gasteiger partial charge in [-0.05, 0) is 62.9 Å². The minimum absolute atomic E-state index is 0.333. The van der Waals surface area contributed by atoms with Crippen molar-refractivity contribution in [2.24, 2.45) is 0 Å². The average molecular weight is 631 g/mol. The second-order valence-corrected chi connectivity index (χ2v) is 11.9. The minimum Gasteiger partial charge on any atom is -0.481 e. The standard InChI is InChI=1S/C30H38N8.2C2H4O2/c1-21-5-3-4-6-23(21)19-32-24-9-7-22(8-10-24)28-27-29(31)33-20-34-30(27)38(35-28)26-13-11-25(12-14-26)37-17-15-36(2)16-18-37;2*1-2(3)4/h3-10,20,25-26,32H,11-19H2,1-2H3,(H2,31,33,34);2*1H3,(H,3,4). The van der Waals surface area contributed by atoms with E-state index in [1.165, 1.54) is 50.1 Å². The Bertz CT molecular complexity index is 1570. The third-order valence-electron chi connectivity index (χ3n) is 8.49. The van der Waals surface area contributed by atoms with Crippen LogP contribution < -0.4 is 11.1 Å². The summed E-state index contributed by atoms with van der Waals surface area (Å²) in [5.41, 5.74) is 12.8. The van der Waals surface area contributed by atoms with Crippen LogP contribution in [0.3, 0.4) is 0 Å². The number of nitrogens with zero attached hydrogens (tertiary/aromatic N) is 6. The van der Waals surface area contributed by atoms with Crippen LogP contribution >= 0.6 is 0 Å². The average Bonchev–Trinajstić information content (AvgIpc) is 3.42. The van der Waals surface area contributed by atoms with Crippen molar-refractivity contribution in [3.63, 3.8) is 0 Å². The number of carboxylic acid groups (broad SMARTS) is 2. The van der Waals surface area contributed by atoms with Gasteiger partial charge in [0.1, 0.15) is 17.8 Å². The molecule has 0 radical (unpaired) electrons. The number of anilines is 2. The molecule has 12 heteroatoms. The first-order valence-electron chi connectivity index (χ1n) is 15.7. The molecule has 46 heavy (non-hydrogen) atoms. The van der Waals surface area contributed by atoms with Crippen LogP contribution in [0.4, 0.5) is 11.5 Å². The normalized spacial score (nSPS) is 18.5. The molecule has 1 aliphatic heterocycles. The lowest BCUT2D eigenvalue weighted by Crippen LogP contribution is -2.49. The van der Waals surface area contributed by atoms with Crippen molar-refractivity contribution < 1.29 is 19.8 Å². The number of rotatable bonds is 6. The number of aromatic nitrogens is 4. The summed E-state index contributed by atoms with van der Waals surface area (Å²) in [6, 6.07) is 17.9. The molecule has 6 rings (SSSR count). The molecule has 1 saturated heterocycles. The van der Waals surface area contributed by atoms with Gasteiger partial charge in [-0.2, -0.15) is 5.10 Å². The van der Waals surface area contributed by atoms with E-state index in [1.807, 2.05) is 0 Å². The highest BCUT2D eigenvalue weighted by Crippen LogP contribution is 2.37. The van der Waals surface area contributed by atoms with Gasteiger partial charge in [0, 0.05) is 63.9 Å². The number of nitrogen functional groups attached to an aromatic ring is 1. The van der Waals surface area contributed by atoms with Gasteiger partial charge in [0.2, 0.25) is 0 Å². The predicted molar refractivity (Wildman–Crippen MR) is 181 cm³/mol. The first-order chi connectivity index (χ1) is 22.0. The van der Waals surface area contributed by atoms with Crippen LogP contribution in [0.1, 0.15) is 56.7 Å². The topological polar surface area (TPSA) is 163 Å². The van der Waals surface area contributed by atoms with Gasteiger partial charge in [0.05, 0.1) is 11.4 Å². The first kappa shape index (κ1) is 34.3. The van der Waals surface area contributed by atoms with E-state index in [2.05, 4.69) is 92.3 Å². The summed E-state index contributed by atoms with van der Waals surface area (Å²) in [7, 11) is 2.22. The molecule has 246 valence electrons. The number of likely N-dealkylation sites (N-methyl/N-ethyl adjacent to an activating group) is 1. The monoisotopic (exact) mass is 630 g/mol. The Morgan fingerprint density at radius 3 is 2.09 bits per heavy atom. The number of hydrogen-bond donors (Lipinski definition) is 4. The third-order valence-corrected chi connectivity index (χ3v) is 8.49. The molecule has 2 fully saturated rings. The molecule has 2 aliphatic rings. The van der Waals surface area contributed by atoms with Crippen LogP contribution in [-0.2, 0) is 16.1 Å². The highest BCUT2D eigenvalue weighted by Gasteiger charge is 2.30. The highest BCUT2D eigenvalue weighted by atomic mass is 16.4. The van der Waals surface area contributed by atoms with Gasteiger partial charge in [-0.3, -0.25) is 14.5 Å². The molecule has 5 N–H and O–H groups in total. The van der Waals surface area contributed by atoms with Crippen molar-refractivity contribution in [2.45, 2.75) is 65.1 Å². The van der Waals surface area contributed by atoms with Crippen molar-refractivity contribution in [3.05, 3.63) is 66.0 Å². The van der Waals surface area contributed by atoms with Gasteiger partial charge in [0.25, 0.3) is 11.9 Å². The predicted octanol–water partition coefficient (Wildman–Crippen LogP) is 4.91. The lowest BCUT2D eigenvalue weighted by molar-refractivity contribution is -0.135. The largest absolute Gasteiger partial charge is 0.481 e. The highest BCUT2D eigenvalue weighted by molar-refractivity contribution is 5.98. The summed E-state index contributed by atoms with van der Waals surface area (Å²) in [4.78, 5) is 32.1. The van der Waals surface area contributed by atoms with E-state index in [4.69, 9.17) is 30.6 Å². The molecule has 1 saturated carbocycles. The Kier molecular flexibility index (Phi) is 12.0. The van der Waals surface area contributed by atoms with E-state index in [0.717, 1.165) is 61.2 Å². The van der Waals surface area contributed by atoms with Crippen molar-refractivity contribution in [1.82, 2.24) is 29.5 Å². The Morgan fingerprint density at radius 2 is 1.48 bits per heavy atom. The van der Waals surface area contributed by atoms with Crippen LogP contribution in [-0.4, -0.2) is 91.0 Å². The summed E-state index contributed by atoms with van der Waals surface area (Å²) in [5, 5.41) is 24.3. The summed E-state index contributed by atoms with van der Waals surface area (Å²) >= 11 is 0. The second-order valence-electron chi connectivity index (χ2n) is 11.9. The number of fused-ring (bicyclic) bond motifs is 1. The number of nitrogens with one attached hydrogen (secondary N) is 1. The quantitative estimate of drug-likeness (QED) is 0.229. The van der Waals surface area contributed by atoms with Crippen LogP contribution in [0.2, 0.25) is 0 Å². The van der Waals surface area contributed by atoms with E-state index in [9.17, 15) is 0 Å². The van der Waals surface area contributed by atoms with Crippen molar-refractivity contribution >= 4 is 34.5 Å². The van der Waals surface area contributed by atoms with Gasteiger partial charge >= 0.3 is 0 Å². The molecule has 0 unspecified atom stereocenters. The number of aryl methyl sites for hydroxylation is 1. The molecular weight excluding hydrogens is 584 g/mol. The first-order valence-corrected chi connectivity index (χ1v) is 15.7. The Morgan fingerprint density at radius 1 is 0.891 bits per heavy atom. The lowest BCUT2D eigenvalue weighted by Gasteiger charge is -2.41. The number of carbonyl (C=O) groups is 2. The zero-order valence-electron chi connectivity index (χ0n) is 27.2. The Balaban J connectivity index is 0.000000541. The maximum atomic E-state index is 9.00. The third kappa shape index (κ3) is 9.24. The molecule has 0 spiro atoms. The number of nitrogens with two attached hydrogens (primary N) is 1. The van der Waals surface area contributed by atoms with Crippen molar-refractivity contribution in [3.8, 4) is 11.3 Å². The van der Waals surface area contributed by atoms with Gasteiger partial charge < -0.3 is 26.2 Å². The number of carboxylic acids is 2. The molecule has 2 aromatic heterocycles. The summed E-state index contributed by atoms with van der Waals surface area (Å²) < 4.78 is 2.13. The van der Waals surface area contributed by atoms with Crippen LogP contribution in [0.25, 0.3) is 22.3 Å².